The highest BCUT2D eigenvalue weighted by Crippen LogP contribution is 2.18. The third-order valence-electron chi connectivity index (χ3n) is 6.07. The van der Waals surface area contributed by atoms with Crippen molar-refractivity contribution in [2.45, 2.75) is 51.1 Å². The average molecular weight is 443 g/mol. The number of nitrogens with zero attached hydrogens (tertiary/aromatic N) is 3. The van der Waals surface area contributed by atoms with Gasteiger partial charge < -0.3 is 26.3 Å². The molecule has 0 saturated carbocycles. The molecule has 0 bridgehead atoms. The van der Waals surface area contributed by atoms with Crippen LogP contribution >= 0.6 is 0 Å². The number of carbonyl (C=O) groups is 3. The number of piperazine rings is 1. The molecule has 0 spiro atoms. The van der Waals surface area contributed by atoms with Crippen LogP contribution in [0, 0.1) is 5.92 Å². The summed E-state index contributed by atoms with van der Waals surface area (Å²) in [4.78, 5) is 42.2. The molecule has 3 amide bonds. The highest BCUT2D eigenvalue weighted by Gasteiger charge is 2.40. The normalized spacial score (nSPS) is 24.0. The number of hydrogen-bond donors (Lipinski definition) is 3. The van der Waals surface area contributed by atoms with Gasteiger partial charge in [-0.25, -0.2) is 0 Å². The standard InChI is InChI=1S/C23H34N6O3/c1-2-10-29-20(12-17-7-4-3-5-8-17)22(31)27-19(23(29)32)13-21(30)25-14-18-9-6-11-28(15-18)16-26-24/h3-5,7-8,16,18-20H,2,6,9-15,24H2,1H3,(H,25,30)(H,27,31)/t18-,19-,20-/m0/s1. The number of carbonyl (C=O) groups excluding carboxylic acids is 3. The number of nitrogens with two attached hydrogens (primary N) is 1. The summed E-state index contributed by atoms with van der Waals surface area (Å²) in [6.07, 6.45) is 4.80. The molecule has 3 rings (SSSR count). The smallest absolute Gasteiger partial charge is 0.246 e. The number of rotatable bonds is 9. The number of piperidine rings is 1. The third-order valence-corrected chi connectivity index (χ3v) is 6.07. The van der Waals surface area contributed by atoms with Crippen LogP contribution in [0.15, 0.2) is 35.4 Å². The van der Waals surface area contributed by atoms with Gasteiger partial charge in [-0.1, -0.05) is 37.3 Å². The van der Waals surface area contributed by atoms with Gasteiger partial charge in [0.25, 0.3) is 0 Å². The van der Waals surface area contributed by atoms with Crippen LogP contribution < -0.4 is 16.5 Å². The molecule has 4 N–H and O–H groups in total. The molecular formula is C23H34N6O3. The van der Waals surface area contributed by atoms with E-state index in [4.69, 9.17) is 5.84 Å². The number of hydrogen-bond acceptors (Lipinski definition) is 5. The molecule has 2 fully saturated rings. The van der Waals surface area contributed by atoms with E-state index in [0.717, 1.165) is 37.9 Å². The number of hydrazone groups is 1. The van der Waals surface area contributed by atoms with Crippen molar-refractivity contribution in [2.24, 2.45) is 16.9 Å². The van der Waals surface area contributed by atoms with Gasteiger partial charge in [-0.05, 0) is 30.7 Å². The van der Waals surface area contributed by atoms with Gasteiger partial charge in [0.1, 0.15) is 18.4 Å². The van der Waals surface area contributed by atoms with Gasteiger partial charge >= 0.3 is 0 Å². The summed E-state index contributed by atoms with van der Waals surface area (Å²) in [7, 11) is 0. The lowest BCUT2D eigenvalue weighted by molar-refractivity contribution is -0.150. The number of likely N-dealkylation sites (tertiary alicyclic amines) is 1. The first-order valence-corrected chi connectivity index (χ1v) is 11.4. The van der Waals surface area contributed by atoms with Gasteiger partial charge in [-0.3, -0.25) is 14.4 Å². The minimum atomic E-state index is -0.826. The first kappa shape index (κ1) is 23.6. The van der Waals surface area contributed by atoms with Gasteiger partial charge in [0.15, 0.2) is 0 Å². The van der Waals surface area contributed by atoms with Gasteiger partial charge in [-0.15, -0.1) is 0 Å². The van der Waals surface area contributed by atoms with Crippen LogP contribution in [0.2, 0.25) is 0 Å². The van der Waals surface area contributed by atoms with Crippen LogP contribution in [-0.4, -0.2) is 72.1 Å². The molecule has 1 aromatic rings. The Hall–Kier alpha value is -3.10. The highest BCUT2D eigenvalue weighted by molar-refractivity contribution is 5.99. The van der Waals surface area contributed by atoms with Crippen LogP contribution in [0.4, 0.5) is 0 Å². The Morgan fingerprint density at radius 1 is 1.31 bits per heavy atom. The van der Waals surface area contributed by atoms with E-state index < -0.39 is 12.1 Å². The van der Waals surface area contributed by atoms with E-state index in [1.807, 2.05) is 42.2 Å². The van der Waals surface area contributed by atoms with Gasteiger partial charge in [0.2, 0.25) is 17.7 Å². The molecule has 2 aliphatic rings. The molecule has 0 radical (unpaired) electrons. The van der Waals surface area contributed by atoms with Crippen LogP contribution in [-0.2, 0) is 20.8 Å². The zero-order valence-corrected chi connectivity index (χ0v) is 18.7. The van der Waals surface area contributed by atoms with Gasteiger partial charge in [-0.2, -0.15) is 5.10 Å². The fourth-order valence-corrected chi connectivity index (χ4v) is 4.49. The molecule has 0 unspecified atom stereocenters. The number of benzene rings is 1. The SMILES string of the molecule is CCCN1C(=O)[C@H](CC(=O)NC[C@@H]2CCCN(C=NN)C2)NC(=O)[C@@H]1Cc1ccccc1. The Balaban J connectivity index is 1.55. The van der Waals surface area contributed by atoms with Crippen molar-refractivity contribution in [3.8, 4) is 0 Å². The van der Waals surface area contributed by atoms with Crippen molar-refractivity contribution in [3.63, 3.8) is 0 Å². The summed E-state index contributed by atoms with van der Waals surface area (Å²) >= 11 is 0. The van der Waals surface area contributed by atoms with Gasteiger partial charge in [0.05, 0.1) is 6.42 Å². The minimum Gasteiger partial charge on any atom is -0.361 e. The molecule has 174 valence electrons. The fraction of sp³-hybridized carbons (Fsp3) is 0.565. The maximum atomic E-state index is 13.1. The molecule has 3 atom stereocenters. The monoisotopic (exact) mass is 442 g/mol. The molecule has 0 aromatic heterocycles. The third kappa shape index (κ3) is 6.21. The lowest BCUT2D eigenvalue weighted by Gasteiger charge is -2.39. The van der Waals surface area contributed by atoms with Crippen LogP contribution in [0.1, 0.15) is 38.2 Å². The molecule has 32 heavy (non-hydrogen) atoms. The second-order valence-corrected chi connectivity index (χ2v) is 8.57. The molecule has 9 nitrogen and oxygen atoms in total. The van der Waals surface area contributed by atoms with Crippen molar-refractivity contribution in [1.82, 2.24) is 20.4 Å². The summed E-state index contributed by atoms with van der Waals surface area (Å²) in [6.45, 7) is 4.68. The molecule has 2 aliphatic heterocycles. The first-order chi connectivity index (χ1) is 15.5. The maximum Gasteiger partial charge on any atom is 0.246 e. The Kier molecular flexibility index (Phi) is 8.47. The van der Waals surface area contributed by atoms with E-state index in [1.54, 1.807) is 11.2 Å². The maximum absolute atomic E-state index is 13.1. The Morgan fingerprint density at radius 3 is 2.81 bits per heavy atom. The molecule has 1 aromatic carbocycles. The quantitative estimate of drug-likeness (QED) is 0.222. The van der Waals surface area contributed by atoms with Gasteiger partial charge in [0, 0.05) is 32.6 Å². The van der Waals surface area contributed by atoms with E-state index in [1.165, 1.54) is 0 Å². The summed E-state index contributed by atoms with van der Waals surface area (Å²) in [5.74, 6) is 4.90. The van der Waals surface area contributed by atoms with E-state index in [0.29, 0.717) is 25.4 Å². The lowest BCUT2D eigenvalue weighted by atomic mass is 9.97. The van der Waals surface area contributed by atoms with Crippen molar-refractivity contribution < 1.29 is 14.4 Å². The van der Waals surface area contributed by atoms with E-state index in [9.17, 15) is 14.4 Å². The zero-order chi connectivity index (χ0) is 22.9. The molecule has 0 aliphatic carbocycles. The molecular weight excluding hydrogens is 408 g/mol. The highest BCUT2D eigenvalue weighted by atomic mass is 16.2. The van der Waals surface area contributed by atoms with Crippen molar-refractivity contribution >= 4 is 24.1 Å². The van der Waals surface area contributed by atoms with E-state index >= 15 is 0 Å². The fourth-order valence-electron chi connectivity index (χ4n) is 4.49. The Bertz CT molecular complexity index is 815. The Morgan fingerprint density at radius 2 is 2.09 bits per heavy atom. The Labute approximate surface area is 189 Å². The minimum absolute atomic E-state index is 0.0520. The topological polar surface area (TPSA) is 120 Å². The molecule has 2 heterocycles. The second-order valence-electron chi connectivity index (χ2n) is 8.57. The summed E-state index contributed by atoms with van der Waals surface area (Å²) < 4.78 is 0. The van der Waals surface area contributed by atoms with Crippen LogP contribution in [0.25, 0.3) is 0 Å². The van der Waals surface area contributed by atoms with Crippen molar-refractivity contribution in [2.75, 3.05) is 26.2 Å². The van der Waals surface area contributed by atoms with E-state index in [2.05, 4.69) is 15.7 Å². The predicted molar refractivity (Wildman–Crippen MR) is 122 cm³/mol. The molecule has 9 heteroatoms. The zero-order valence-electron chi connectivity index (χ0n) is 18.7. The van der Waals surface area contributed by atoms with E-state index in [-0.39, 0.29) is 24.1 Å². The summed E-state index contributed by atoms with van der Waals surface area (Å²) in [5.41, 5.74) is 0.999. The van der Waals surface area contributed by atoms with Crippen molar-refractivity contribution in [1.29, 1.82) is 0 Å². The molecule has 2 saturated heterocycles. The average Bonchev–Trinajstić information content (AvgIpc) is 2.79. The number of amides is 3. The largest absolute Gasteiger partial charge is 0.361 e. The lowest BCUT2D eigenvalue weighted by Crippen LogP contribution is -2.64. The summed E-state index contributed by atoms with van der Waals surface area (Å²) in [5, 5.41) is 9.29. The first-order valence-electron chi connectivity index (χ1n) is 11.4. The summed E-state index contributed by atoms with van der Waals surface area (Å²) in [6, 6.07) is 8.29. The predicted octanol–water partition coefficient (Wildman–Crippen LogP) is 0.455. The second kappa shape index (κ2) is 11.5. The van der Waals surface area contributed by atoms with Crippen LogP contribution in [0.5, 0.6) is 0 Å². The van der Waals surface area contributed by atoms with Crippen LogP contribution in [0.3, 0.4) is 0 Å². The van der Waals surface area contributed by atoms with Crippen molar-refractivity contribution in [3.05, 3.63) is 35.9 Å². The number of nitrogens with one attached hydrogen (secondary N) is 2.